The van der Waals surface area contributed by atoms with Crippen LogP contribution < -0.4 is 0 Å². The maximum absolute atomic E-state index is 9.95. The van der Waals surface area contributed by atoms with Crippen molar-refractivity contribution in [1.29, 1.82) is 0 Å². The van der Waals surface area contributed by atoms with Crippen molar-refractivity contribution in [1.82, 2.24) is 0 Å². The molecule has 0 aliphatic carbocycles. The van der Waals surface area contributed by atoms with Gasteiger partial charge in [-0.3, -0.25) is 4.79 Å². The minimum absolute atomic E-state index is 1.24. The van der Waals surface area contributed by atoms with Gasteiger partial charge < -0.3 is 5.11 Å². The smallest absolute Gasteiger partial charge is 0.320 e. The first kappa shape index (κ1) is 8.02. The Bertz CT molecular complexity index is 215. The largest absolute Gasteiger partial charge is 0.480 e. The molecule has 0 unspecified atom stereocenters. The predicted molar refractivity (Wildman–Crippen MR) is 27.2 cm³/mol. The molecule has 0 aromatic heterocycles. The molecule has 0 amide bonds. The van der Waals surface area contributed by atoms with Gasteiger partial charge in [0.1, 0.15) is 0 Å². The summed E-state index contributed by atoms with van der Waals surface area (Å²) in [5.74, 6) is -2.83. The first-order valence-corrected chi connectivity index (χ1v) is 3.38. The topological polar surface area (TPSA) is 101 Å². The first-order valence-electron chi connectivity index (χ1n) is 1.77. The third kappa shape index (κ3) is 3.59. The minimum atomic E-state index is -4.25. The fourth-order valence-electron chi connectivity index (χ4n) is 0.182. The molecule has 0 aliphatic heterocycles. The van der Waals surface area contributed by atoms with Gasteiger partial charge in [0.25, 0.3) is 10.0 Å². The monoisotopic (exact) mass is 153 g/mol. The van der Waals surface area contributed by atoms with Crippen LogP contribution in [0.4, 0.5) is 0 Å². The van der Waals surface area contributed by atoms with Crippen LogP contribution in [0.1, 0.15) is 0 Å². The normalized spacial score (nSPS) is 10.7. The van der Waals surface area contributed by atoms with E-state index in [1.165, 1.54) is 0 Å². The van der Waals surface area contributed by atoms with E-state index in [1.807, 2.05) is 0 Å². The van der Waals surface area contributed by atoms with Crippen molar-refractivity contribution in [3.05, 3.63) is 4.91 Å². The molecule has 0 fully saturated rings. The van der Waals surface area contributed by atoms with Gasteiger partial charge in [-0.15, -0.1) is 4.91 Å². The number of carbonyl (C=O) groups is 1. The van der Waals surface area contributed by atoms with E-state index in [0.29, 0.717) is 0 Å². The summed E-state index contributed by atoms with van der Waals surface area (Å²) in [6.45, 7) is 0. The summed E-state index contributed by atoms with van der Waals surface area (Å²) in [5.41, 5.74) is 0. The average molecular weight is 153 g/mol. The number of rotatable bonds is 3. The van der Waals surface area contributed by atoms with Crippen LogP contribution in [0, 0.1) is 4.91 Å². The van der Waals surface area contributed by atoms with Crippen LogP contribution in [0.25, 0.3) is 0 Å². The van der Waals surface area contributed by atoms with Crippen molar-refractivity contribution in [2.45, 2.75) is 0 Å². The van der Waals surface area contributed by atoms with Crippen molar-refractivity contribution in [2.24, 2.45) is 4.58 Å². The molecule has 0 aromatic rings. The number of aliphatic carboxylic acids is 1. The Balaban J connectivity index is 4.23. The van der Waals surface area contributed by atoms with E-state index in [-0.39, 0.29) is 0 Å². The van der Waals surface area contributed by atoms with Gasteiger partial charge in [-0.05, 0) is 0 Å². The Labute approximate surface area is 50.5 Å². The number of hydrogen-bond acceptors (Lipinski definition) is 4. The second-order valence-electron chi connectivity index (χ2n) is 1.19. The number of nitroso groups, excluding NO2 is 1. The van der Waals surface area contributed by atoms with E-state index in [0.717, 1.165) is 0 Å². The maximum atomic E-state index is 9.95. The summed E-state index contributed by atoms with van der Waals surface area (Å²) in [5, 5.41) is 7.80. The molecule has 1 N–H and O–H groups in total. The van der Waals surface area contributed by atoms with Crippen molar-refractivity contribution < 1.29 is 18.3 Å². The standard InChI is InChI=1S/C2H3NO5S/c4-2(5)1-9(7,8)3-6/h1H2,(H,4,5). The number of nitrogens with zero attached hydrogens (tertiary/aromatic N) is 1. The molecule has 0 rings (SSSR count). The quantitative estimate of drug-likeness (QED) is 0.533. The summed E-state index contributed by atoms with van der Waals surface area (Å²) in [6, 6.07) is 0. The molecule has 0 heterocycles. The Kier molecular flexibility index (Phi) is 2.26. The van der Waals surface area contributed by atoms with Gasteiger partial charge in [-0.25, -0.2) is 8.42 Å². The van der Waals surface area contributed by atoms with E-state index >= 15 is 0 Å². The molecule has 9 heavy (non-hydrogen) atoms. The van der Waals surface area contributed by atoms with Crippen LogP contribution in [0.15, 0.2) is 4.58 Å². The number of carboxylic acid groups (broad SMARTS) is 1. The number of sulfonamides is 1. The van der Waals surface area contributed by atoms with Gasteiger partial charge in [0.2, 0.25) is 0 Å². The Morgan fingerprint density at radius 3 is 2.11 bits per heavy atom. The zero-order valence-corrected chi connectivity index (χ0v) is 4.96. The van der Waals surface area contributed by atoms with Gasteiger partial charge in [-0.2, -0.15) is 0 Å². The number of hydrogen-bond donors (Lipinski definition) is 1. The van der Waals surface area contributed by atoms with Crippen molar-refractivity contribution in [3.8, 4) is 0 Å². The molecule has 0 spiro atoms. The van der Waals surface area contributed by atoms with E-state index in [2.05, 4.69) is 0 Å². The third-order valence-electron chi connectivity index (χ3n) is 0.419. The molecule has 0 atom stereocenters. The van der Waals surface area contributed by atoms with E-state index in [4.69, 9.17) is 5.11 Å². The SMILES string of the molecule is O=NS(=O)(=O)CC(=O)O. The van der Waals surface area contributed by atoms with Gasteiger partial charge in [-0.1, -0.05) is 0 Å². The lowest BCUT2D eigenvalue weighted by atomic mass is 10.8. The highest BCUT2D eigenvalue weighted by atomic mass is 32.2. The molecule has 6 nitrogen and oxygen atoms in total. The molecular weight excluding hydrogens is 150 g/mol. The second-order valence-corrected chi connectivity index (χ2v) is 2.80. The van der Waals surface area contributed by atoms with E-state index < -0.39 is 21.7 Å². The average Bonchev–Trinajstić information content (AvgIpc) is 1.63. The molecular formula is C2H3NO5S. The van der Waals surface area contributed by atoms with Crippen LogP contribution >= 0.6 is 0 Å². The zero-order chi connectivity index (χ0) is 7.49. The highest BCUT2D eigenvalue weighted by Gasteiger charge is 2.14. The highest BCUT2D eigenvalue weighted by molar-refractivity contribution is 7.90. The summed E-state index contributed by atoms with van der Waals surface area (Å²) in [4.78, 5) is 18.9. The van der Waals surface area contributed by atoms with Crippen LogP contribution in [0.5, 0.6) is 0 Å². The molecule has 0 aliphatic rings. The zero-order valence-electron chi connectivity index (χ0n) is 4.14. The molecule has 0 aromatic carbocycles. The summed E-state index contributed by atoms with van der Waals surface area (Å²) in [6.07, 6.45) is 0. The third-order valence-corrected chi connectivity index (χ3v) is 1.26. The van der Waals surface area contributed by atoms with Crippen LogP contribution in [-0.4, -0.2) is 25.2 Å². The summed E-state index contributed by atoms with van der Waals surface area (Å²) < 4.78 is 21.5. The summed E-state index contributed by atoms with van der Waals surface area (Å²) in [7, 11) is -4.25. The van der Waals surface area contributed by atoms with Gasteiger partial charge in [0, 0.05) is 0 Å². The molecule has 0 bridgehead atoms. The second kappa shape index (κ2) is 2.53. The molecule has 0 saturated heterocycles. The van der Waals surface area contributed by atoms with Gasteiger partial charge in [0.15, 0.2) is 5.75 Å². The van der Waals surface area contributed by atoms with E-state index in [1.54, 1.807) is 4.58 Å². The van der Waals surface area contributed by atoms with E-state index in [9.17, 15) is 18.1 Å². The lowest BCUT2D eigenvalue weighted by Gasteiger charge is -1.84. The maximum Gasteiger partial charge on any atom is 0.320 e. The fourth-order valence-corrected chi connectivity index (χ4v) is 0.547. The van der Waals surface area contributed by atoms with Gasteiger partial charge >= 0.3 is 5.97 Å². The van der Waals surface area contributed by atoms with Crippen LogP contribution in [0.2, 0.25) is 0 Å². The molecule has 0 radical (unpaired) electrons. The lowest BCUT2D eigenvalue weighted by molar-refractivity contribution is -0.134. The van der Waals surface area contributed by atoms with Crippen molar-refractivity contribution in [3.63, 3.8) is 0 Å². The molecule has 0 saturated carbocycles. The molecule has 52 valence electrons. The lowest BCUT2D eigenvalue weighted by Crippen LogP contribution is -2.11. The number of carboxylic acids is 1. The van der Waals surface area contributed by atoms with Gasteiger partial charge in [0.05, 0.1) is 4.58 Å². The van der Waals surface area contributed by atoms with Crippen molar-refractivity contribution >= 4 is 16.0 Å². The minimum Gasteiger partial charge on any atom is -0.480 e. The fraction of sp³-hybridized carbons (Fsp3) is 0.500. The van der Waals surface area contributed by atoms with Crippen molar-refractivity contribution in [2.75, 3.05) is 5.75 Å². The predicted octanol–water partition coefficient (Wildman–Crippen LogP) is -0.833. The Hall–Kier alpha value is -0.980. The first-order chi connectivity index (χ1) is 3.98. The van der Waals surface area contributed by atoms with Crippen LogP contribution in [0.3, 0.4) is 0 Å². The summed E-state index contributed by atoms with van der Waals surface area (Å²) >= 11 is 0. The highest BCUT2D eigenvalue weighted by Crippen LogP contribution is 1.88. The van der Waals surface area contributed by atoms with Crippen LogP contribution in [-0.2, 0) is 14.8 Å². The Morgan fingerprint density at radius 2 is 2.00 bits per heavy atom. The molecule has 7 heteroatoms. The Morgan fingerprint density at radius 1 is 1.56 bits per heavy atom.